The van der Waals surface area contributed by atoms with Crippen LogP contribution < -0.4 is 18.9 Å². The second kappa shape index (κ2) is 10.9. The van der Waals surface area contributed by atoms with Gasteiger partial charge in [-0.3, -0.25) is 4.79 Å². The van der Waals surface area contributed by atoms with E-state index in [0.717, 1.165) is 16.8 Å². The Morgan fingerprint density at radius 1 is 0.806 bits per heavy atom. The SMILES string of the molecule is COc1ccc(CN(C)C(=O)c2nn(-c3ccccc3)cc2-c2ccc(OC)c(OC)c2)cc1OC. The molecule has 0 aliphatic carbocycles. The summed E-state index contributed by atoms with van der Waals surface area (Å²) in [5.41, 5.74) is 3.55. The molecular formula is C28H29N3O5. The van der Waals surface area contributed by atoms with Crippen molar-refractivity contribution in [2.75, 3.05) is 35.5 Å². The van der Waals surface area contributed by atoms with Crippen molar-refractivity contribution in [3.63, 3.8) is 0 Å². The Balaban J connectivity index is 1.72. The first-order chi connectivity index (χ1) is 17.5. The van der Waals surface area contributed by atoms with E-state index < -0.39 is 0 Å². The lowest BCUT2D eigenvalue weighted by Crippen LogP contribution is -2.27. The van der Waals surface area contributed by atoms with Gasteiger partial charge in [0.15, 0.2) is 28.7 Å². The van der Waals surface area contributed by atoms with Crippen molar-refractivity contribution in [1.29, 1.82) is 0 Å². The number of rotatable bonds is 9. The molecular weight excluding hydrogens is 458 g/mol. The van der Waals surface area contributed by atoms with E-state index >= 15 is 0 Å². The molecule has 0 atom stereocenters. The third kappa shape index (κ3) is 4.98. The Hall–Kier alpha value is -4.46. The molecule has 0 saturated heterocycles. The fraction of sp³-hybridized carbons (Fsp3) is 0.214. The predicted octanol–water partition coefficient (Wildman–Crippen LogP) is 4.85. The normalized spacial score (nSPS) is 10.6. The average Bonchev–Trinajstić information content (AvgIpc) is 3.38. The summed E-state index contributed by atoms with van der Waals surface area (Å²) in [5.74, 6) is 2.20. The number of amides is 1. The van der Waals surface area contributed by atoms with Crippen LogP contribution in [-0.2, 0) is 6.54 Å². The van der Waals surface area contributed by atoms with Crippen molar-refractivity contribution >= 4 is 5.91 Å². The van der Waals surface area contributed by atoms with Crippen molar-refractivity contribution < 1.29 is 23.7 Å². The third-order valence-corrected chi connectivity index (χ3v) is 5.85. The largest absolute Gasteiger partial charge is 0.493 e. The maximum atomic E-state index is 13.7. The van der Waals surface area contributed by atoms with Gasteiger partial charge < -0.3 is 23.8 Å². The van der Waals surface area contributed by atoms with Crippen LogP contribution in [0.3, 0.4) is 0 Å². The molecule has 8 nitrogen and oxygen atoms in total. The van der Waals surface area contributed by atoms with Gasteiger partial charge in [0.05, 0.1) is 34.1 Å². The second-order valence-electron chi connectivity index (χ2n) is 8.09. The quantitative estimate of drug-likeness (QED) is 0.336. The minimum atomic E-state index is -0.218. The topological polar surface area (TPSA) is 75.1 Å². The number of nitrogens with zero attached hydrogens (tertiary/aromatic N) is 3. The van der Waals surface area contributed by atoms with Crippen molar-refractivity contribution in [1.82, 2.24) is 14.7 Å². The van der Waals surface area contributed by atoms with E-state index in [-0.39, 0.29) is 5.91 Å². The highest BCUT2D eigenvalue weighted by atomic mass is 16.5. The number of methoxy groups -OCH3 is 4. The Morgan fingerprint density at radius 2 is 1.42 bits per heavy atom. The lowest BCUT2D eigenvalue weighted by atomic mass is 10.0. The number of hydrogen-bond acceptors (Lipinski definition) is 6. The van der Waals surface area contributed by atoms with Gasteiger partial charge in [0.1, 0.15) is 0 Å². The van der Waals surface area contributed by atoms with Crippen molar-refractivity contribution in [3.8, 4) is 39.8 Å². The zero-order valence-corrected chi connectivity index (χ0v) is 21.0. The molecule has 186 valence electrons. The fourth-order valence-electron chi connectivity index (χ4n) is 3.97. The predicted molar refractivity (Wildman–Crippen MR) is 137 cm³/mol. The van der Waals surface area contributed by atoms with Crippen LogP contribution in [0.15, 0.2) is 72.9 Å². The van der Waals surface area contributed by atoms with Crippen LogP contribution in [0.1, 0.15) is 16.1 Å². The van der Waals surface area contributed by atoms with Gasteiger partial charge in [0.25, 0.3) is 5.91 Å². The molecule has 1 heterocycles. The van der Waals surface area contributed by atoms with E-state index in [9.17, 15) is 4.79 Å². The lowest BCUT2D eigenvalue weighted by molar-refractivity contribution is 0.0779. The van der Waals surface area contributed by atoms with Gasteiger partial charge in [-0.05, 0) is 47.5 Å². The van der Waals surface area contributed by atoms with E-state index in [1.165, 1.54) is 0 Å². The molecule has 0 spiro atoms. The standard InChI is InChI=1S/C28H29N3O5/c1-30(17-19-11-13-23(33-2)25(15-19)35-4)28(32)27-22(18-31(29-27)21-9-7-6-8-10-21)20-12-14-24(34-3)26(16-20)36-5/h6-16,18H,17H2,1-5H3. The molecule has 36 heavy (non-hydrogen) atoms. The van der Waals surface area contributed by atoms with Crippen LogP contribution in [0.25, 0.3) is 16.8 Å². The molecule has 0 fully saturated rings. The lowest BCUT2D eigenvalue weighted by Gasteiger charge is -2.18. The van der Waals surface area contributed by atoms with E-state index in [2.05, 4.69) is 5.10 Å². The molecule has 1 amide bonds. The monoisotopic (exact) mass is 487 g/mol. The molecule has 8 heteroatoms. The molecule has 0 aliphatic rings. The highest BCUT2D eigenvalue weighted by molar-refractivity contribution is 5.99. The first-order valence-electron chi connectivity index (χ1n) is 11.3. The van der Waals surface area contributed by atoms with Crippen molar-refractivity contribution in [2.24, 2.45) is 0 Å². The van der Waals surface area contributed by atoms with Crippen molar-refractivity contribution in [2.45, 2.75) is 6.54 Å². The molecule has 0 saturated carbocycles. The van der Waals surface area contributed by atoms with Crippen LogP contribution in [0, 0.1) is 0 Å². The molecule has 4 aromatic rings. The van der Waals surface area contributed by atoms with Gasteiger partial charge in [0.2, 0.25) is 0 Å². The summed E-state index contributed by atoms with van der Waals surface area (Å²) in [6, 6.07) is 20.8. The maximum Gasteiger partial charge on any atom is 0.275 e. The van der Waals surface area contributed by atoms with Crippen LogP contribution in [0.4, 0.5) is 0 Å². The van der Waals surface area contributed by atoms with E-state index in [4.69, 9.17) is 18.9 Å². The summed E-state index contributed by atoms with van der Waals surface area (Å²) >= 11 is 0. The van der Waals surface area contributed by atoms with Crippen LogP contribution in [0.5, 0.6) is 23.0 Å². The Bertz CT molecular complexity index is 1350. The van der Waals surface area contributed by atoms with Gasteiger partial charge >= 0.3 is 0 Å². The first kappa shape index (κ1) is 24.7. The number of aromatic nitrogens is 2. The van der Waals surface area contributed by atoms with E-state index in [1.807, 2.05) is 72.9 Å². The van der Waals surface area contributed by atoms with E-state index in [1.54, 1.807) is 45.1 Å². The molecule has 0 bridgehead atoms. The van der Waals surface area contributed by atoms with Gasteiger partial charge in [-0.1, -0.05) is 30.3 Å². The Labute approximate surface area is 210 Å². The molecule has 0 radical (unpaired) electrons. The van der Waals surface area contributed by atoms with Gasteiger partial charge in [-0.25, -0.2) is 4.68 Å². The summed E-state index contributed by atoms with van der Waals surface area (Å²) in [4.78, 5) is 15.3. The maximum absolute atomic E-state index is 13.7. The molecule has 0 unspecified atom stereocenters. The van der Waals surface area contributed by atoms with Gasteiger partial charge in [-0.2, -0.15) is 5.10 Å². The number of ether oxygens (including phenoxy) is 4. The minimum absolute atomic E-state index is 0.218. The minimum Gasteiger partial charge on any atom is -0.493 e. The summed E-state index contributed by atoms with van der Waals surface area (Å²) in [7, 11) is 8.09. The zero-order chi connectivity index (χ0) is 25.7. The second-order valence-corrected chi connectivity index (χ2v) is 8.09. The summed E-state index contributed by atoms with van der Waals surface area (Å²) in [5, 5.41) is 4.69. The van der Waals surface area contributed by atoms with Crippen LogP contribution in [-0.4, -0.2) is 56.1 Å². The summed E-state index contributed by atoms with van der Waals surface area (Å²) < 4.78 is 23.3. The highest BCUT2D eigenvalue weighted by Crippen LogP contribution is 2.34. The molecule has 0 N–H and O–H groups in total. The molecule has 4 rings (SSSR count). The Kier molecular flexibility index (Phi) is 7.44. The third-order valence-electron chi connectivity index (χ3n) is 5.85. The average molecular weight is 488 g/mol. The highest BCUT2D eigenvalue weighted by Gasteiger charge is 2.23. The van der Waals surface area contributed by atoms with Gasteiger partial charge in [-0.15, -0.1) is 0 Å². The molecule has 3 aromatic carbocycles. The van der Waals surface area contributed by atoms with Crippen LogP contribution >= 0.6 is 0 Å². The number of carbonyl (C=O) groups excluding carboxylic acids is 1. The summed E-state index contributed by atoms with van der Waals surface area (Å²) in [6.45, 7) is 0.364. The number of benzene rings is 3. The zero-order valence-electron chi connectivity index (χ0n) is 21.0. The number of carbonyl (C=O) groups is 1. The van der Waals surface area contributed by atoms with E-state index in [0.29, 0.717) is 40.8 Å². The number of hydrogen-bond donors (Lipinski definition) is 0. The van der Waals surface area contributed by atoms with Crippen molar-refractivity contribution in [3.05, 3.63) is 84.2 Å². The fourth-order valence-corrected chi connectivity index (χ4v) is 3.97. The Morgan fingerprint density at radius 3 is 2.06 bits per heavy atom. The summed E-state index contributed by atoms with van der Waals surface area (Å²) in [6.07, 6.45) is 1.86. The van der Waals surface area contributed by atoms with Crippen LogP contribution in [0.2, 0.25) is 0 Å². The number of para-hydroxylation sites is 1. The smallest absolute Gasteiger partial charge is 0.275 e. The molecule has 1 aromatic heterocycles. The molecule has 0 aliphatic heterocycles. The van der Waals surface area contributed by atoms with Gasteiger partial charge in [0, 0.05) is 25.4 Å². The first-order valence-corrected chi connectivity index (χ1v) is 11.3.